The lowest BCUT2D eigenvalue weighted by molar-refractivity contribution is 0.0926. The van der Waals surface area contributed by atoms with Gasteiger partial charge in [0, 0.05) is 31.1 Å². The van der Waals surface area contributed by atoms with Crippen molar-refractivity contribution in [2.75, 3.05) is 26.7 Å². The lowest BCUT2D eigenvalue weighted by Crippen LogP contribution is -2.34. The van der Waals surface area contributed by atoms with Crippen LogP contribution in [0.5, 0.6) is 5.75 Å². The van der Waals surface area contributed by atoms with Crippen molar-refractivity contribution < 1.29 is 14.6 Å². The number of ether oxygens (including phenoxy) is 1. The first-order valence-electron chi connectivity index (χ1n) is 6.01. The zero-order chi connectivity index (χ0) is 13.0. The van der Waals surface area contributed by atoms with Gasteiger partial charge in [0.1, 0.15) is 5.75 Å². The van der Waals surface area contributed by atoms with Crippen molar-refractivity contribution in [3.63, 3.8) is 0 Å². The Bertz CT molecular complexity index is 428. The Kier molecular flexibility index (Phi) is 6.08. The molecule has 0 aromatic heterocycles. The molecule has 2 rings (SSSR count). The molecule has 1 aliphatic rings. The molecule has 1 fully saturated rings. The van der Waals surface area contributed by atoms with E-state index in [1.54, 1.807) is 31.4 Å². The number of aliphatic hydroxyl groups is 1. The van der Waals surface area contributed by atoms with Gasteiger partial charge in [0.2, 0.25) is 0 Å². The third-order valence-corrected chi connectivity index (χ3v) is 3.16. The van der Waals surface area contributed by atoms with Crippen LogP contribution in [0.25, 0.3) is 0 Å². The van der Waals surface area contributed by atoms with Crippen molar-refractivity contribution in [3.05, 3.63) is 29.8 Å². The van der Waals surface area contributed by atoms with Crippen LogP contribution in [0.15, 0.2) is 24.3 Å². The lowest BCUT2D eigenvalue weighted by Gasteiger charge is -2.14. The first-order valence-corrected chi connectivity index (χ1v) is 6.01. The van der Waals surface area contributed by atoms with E-state index >= 15 is 0 Å². The van der Waals surface area contributed by atoms with Gasteiger partial charge in [0.15, 0.2) is 0 Å². The Balaban J connectivity index is 0.00000180. The van der Waals surface area contributed by atoms with Gasteiger partial charge in [-0.15, -0.1) is 12.4 Å². The third-order valence-electron chi connectivity index (χ3n) is 3.16. The maximum atomic E-state index is 11.9. The second kappa shape index (κ2) is 7.33. The summed E-state index contributed by atoms with van der Waals surface area (Å²) in [6.45, 7) is 1.81. The number of aliphatic hydroxyl groups excluding tert-OH is 1. The fraction of sp³-hybridized carbons (Fsp3) is 0.462. The van der Waals surface area contributed by atoms with Crippen LogP contribution in [-0.2, 0) is 0 Å². The van der Waals surface area contributed by atoms with Crippen LogP contribution >= 0.6 is 12.4 Å². The van der Waals surface area contributed by atoms with Gasteiger partial charge in [-0.05, 0) is 18.2 Å². The number of carbonyl (C=O) groups excluding carboxylic acids is 1. The monoisotopic (exact) mass is 286 g/mol. The molecule has 106 valence electrons. The molecular formula is C13H19ClN2O3. The number of benzene rings is 1. The van der Waals surface area contributed by atoms with E-state index in [1.807, 2.05) is 0 Å². The maximum absolute atomic E-state index is 11.9. The summed E-state index contributed by atoms with van der Waals surface area (Å²) in [6, 6.07) is 7.00. The maximum Gasteiger partial charge on any atom is 0.251 e. The van der Waals surface area contributed by atoms with Crippen molar-refractivity contribution in [2.45, 2.75) is 6.10 Å². The molecule has 1 aromatic carbocycles. The molecule has 0 bridgehead atoms. The Morgan fingerprint density at radius 1 is 1.53 bits per heavy atom. The molecule has 0 saturated carbocycles. The number of amides is 1. The number of carbonyl (C=O) groups is 1. The summed E-state index contributed by atoms with van der Waals surface area (Å²) in [6.07, 6.45) is -0.379. The highest BCUT2D eigenvalue weighted by atomic mass is 35.5. The Hall–Kier alpha value is -1.30. The molecule has 0 spiro atoms. The summed E-state index contributed by atoms with van der Waals surface area (Å²) in [5.74, 6) is 0.595. The highest BCUT2D eigenvalue weighted by molar-refractivity contribution is 5.94. The van der Waals surface area contributed by atoms with Gasteiger partial charge in [0.25, 0.3) is 5.91 Å². The van der Waals surface area contributed by atoms with Crippen molar-refractivity contribution in [1.29, 1.82) is 0 Å². The molecule has 5 nitrogen and oxygen atoms in total. The van der Waals surface area contributed by atoms with Crippen LogP contribution in [0.2, 0.25) is 0 Å². The number of halogens is 1. The predicted molar refractivity (Wildman–Crippen MR) is 74.9 cm³/mol. The summed E-state index contributed by atoms with van der Waals surface area (Å²) in [4.78, 5) is 11.9. The average molecular weight is 287 g/mol. The highest BCUT2D eigenvalue weighted by Gasteiger charge is 2.25. The standard InChI is InChI=1S/C13H18N2O3.ClH/c1-18-11-4-2-3-9(5-11)13(17)15-7-10-6-14-8-12(10)16;/h2-5,10,12,14,16H,6-8H2,1H3,(H,15,17);1H. The van der Waals surface area contributed by atoms with Crippen LogP contribution < -0.4 is 15.4 Å². The molecule has 1 aliphatic heterocycles. The first-order chi connectivity index (χ1) is 8.70. The molecule has 0 radical (unpaired) electrons. The molecule has 2 unspecified atom stereocenters. The molecule has 3 N–H and O–H groups in total. The van der Waals surface area contributed by atoms with Crippen molar-refractivity contribution in [2.24, 2.45) is 5.92 Å². The van der Waals surface area contributed by atoms with Crippen LogP contribution in [-0.4, -0.2) is 43.9 Å². The number of hydrogen-bond acceptors (Lipinski definition) is 4. The van der Waals surface area contributed by atoms with E-state index in [-0.39, 0.29) is 30.3 Å². The van der Waals surface area contributed by atoms with Gasteiger partial charge in [-0.2, -0.15) is 0 Å². The zero-order valence-corrected chi connectivity index (χ0v) is 11.6. The second-order valence-corrected chi connectivity index (χ2v) is 4.43. The quantitative estimate of drug-likeness (QED) is 0.751. The predicted octanol–water partition coefficient (Wildman–Crippen LogP) is 0.427. The fourth-order valence-corrected chi connectivity index (χ4v) is 2.02. The van der Waals surface area contributed by atoms with Crippen LogP contribution in [0, 0.1) is 5.92 Å². The van der Waals surface area contributed by atoms with Crippen molar-refractivity contribution in [1.82, 2.24) is 10.6 Å². The largest absolute Gasteiger partial charge is 0.497 e. The number of hydrogen-bond donors (Lipinski definition) is 3. The van der Waals surface area contributed by atoms with Gasteiger partial charge < -0.3 is 20.5 Å². The number of β-amino-alcohol motifs (C(OH)–C–C–N with tert-alkyl or cyclic N) is 1. The van der Waals surface area contributed by atoms with E-state index in [9.17, 15) is 9.90 Å². The molecule has 2 atom stereocenters. The molecule has 0 aliphatic carbocycles. The number of rotatable bonds is 4. The third kappa shape index (κ3) is 4.09. The summed E-state index contributed by atoms with van der Waals surface area (Å²) in [5.41, 5.74) is 0.565. The zero-order valence-electron chi connectivity index (χ0n) is 10.8. The van der Waals surface area contributed by atoms with Gasteiger partial charge in [-0.1, -0.05) is 6.07 Å². The van der Waals surface area contributed by atoms with E-state index in [0.717, 1.165) is 6.54 Å². The number of methoxy groups -OCH3 is 1. The first kappa shape index (κ1) is 15.8. The summed E-state index contributed by atoms with van der Waals surface area (Å²) < 4.78 is 5.07. The van der Waals surface area contributed by atoms with Crippen LogP contribution in [0.1, 0.15) is 10.4 Å². The topological polar surface area (TPSA) is 70.6 Å². The molecular weight excluding hydrogens is 268 g/mol. The van der Waals surface area contributed by atoms with Gasteiger partial charge in [0.05, 0.1) is 13.2 Å². The molecule has 1 saturated heterocycles. The van der Waals surface area contributed by atoms with Gasteiger partial charge in [-0.3, -0.25) is 4.79 Å². The molecule has 19 heavy (non-hydrogen) atoms. The van der Waals surface area contributed by atoms with E-state index < -0.39 is 0 Å². The smallest absolute Gasteiger partial charge is 0.251 e. The minimum atomic E-state index is -0.379. The second-order valence-electron chi connectivity index (χ2n) is 4.43. The van der Waals surface area contributed by atoms with Crippen molar-refractivity contribution in [3.8, 4) is 5.75 Å². The molecule has 6 heteroatoms. The molecule has 1 amide bonds. The highest BCUT2D eigenvalue weighted by Crippen LogP contribution is 2.13. The molecule has 1 heterocycles. The Morgan fingerprint density at radius 3 is 2.95 bits per heavy atom. The van der Waals surface area contributed by atoms with Crippen LogP contribution in [0.4, 0.5) is 0 Å². The minimum Gasteiger partial charge on any atom is -0.497 e. The van der Waals surface area contributed by atoms with E-state index in [2.05, 4.69) is 10.6 Å². The summed E-state index contributed by atoms with van der Waals surface area (Å²) in [7, 11) is 1.57. The Labute approximate surface area is 118 Å². The van der Waals surface area contributed by atoms with Gasteiger partial charge >= 0.3 is 0 Å². The lowest BCUT2D eigenvalue weighted by atomic mass is 10.1. The fourth-order valence-electron chi connectivity index (χ4n) is 2.02. The van der Waals surface area contributed by atoms with E-state index in [1.165, 1.54) is 0 Å². The summed E-state index contributed by atoms with van der Waals surface area (Å²) >= 11 is 0. The average Bonchev–Trinajstić information content (AvgIpc) is 2.81. The molecule has 1 aromatic rings. The Morgan fingerprint density at radius 2 is 2.32 bits per heavy atom. The van der Waals surface area contributed by atoms with Crippen molar-refractivity contribution >= 4 is 18.3 Å². The van der Waals surface area contributed by atoms with Crippen LogP contribution in [0.3, 0.4) is 0 Å². The minimum absolute atomic E-state index is 0. The summed E-state index contributed by atoms with van der Waals surface area (Å²) in [5, 5.41) is 15.5. The van der Waals surface area contributed by atoms with E-state index in [0.29, 0.717) is 24.4 Å². The number of nitrogens with one attached hydrogen (secondary N) is 2. The SMILES string of the molecule is COc1cccc(C(=O)NCC2CNCC2O)c1.Cl. The van der Waals surface area contributed by atoms with Gasteiger partial charge in [-0.25, -0.2) is 0 Å². The van der Waals surface area contributed by atoms with E-state index in [4.69, 9.17) is 4.74 Å². The normalized spacial score (nSPS) is 21.6.